The average Bonchev–Trinajstić information content (AvgIpc) is 2.34. The summed E-state index contributed by atoms with van der Waals surface area (Å²) in [5.74, 6) is 0. The van der Waals surface area contributed by atoms with Gasteiger partial charge in [0.1, 0.15) is 0 Å². The molecule has 1 aromatic carbocycles. The van der Waals surface area contributed by atoms with Gasteiger partial charge in [0.25, 0.3) is 0 Å². The predicted molar refractivity (Wildman–Crippen MR) is 61.1 cm³/mol. The topological polar surface area (TPSA) is 35.8 Å². The summed E-state index contributed by atoms with van der Waals surface area (Å²) in [4.78, 5) is 0. The summed E-state index contributed by atoms with van der Waals surface area (Å²) in [6.45, 7) is 0.0275. The Balaban J connectivity index is 2.67. The number of hydrogen-bond acceptors (Lipinski definition) is 2. The molecule has 1 heterocycles. The first-order valence-corrected chi connectivity index (χ1v) is 4.80. The van der Waals surface area contributed by atoms with Gasteiger partial charge in [-0.15, -0.1) is 0 Å². The smallest absolute Gasteiger partial charge is 0.0997 e. The Bertz CT molecular complexity index is 526. The number of nitrogens with one attached hydrogen (secondary N) is 1. The molecule has 0 spiro atoms. The van der Waals surface area contributed by atoms with Crippen LogP contribution < -0.4 is 5.32 Å². The monoisotopic (exact) mass is 202 g/mol. The summed E-state index contributed by atoms with van der Waals surface area (Å²) < 4.78 is 31.9. The molecule has 1 aliphatic heterocycles. The SMILES string of the molecule is [2H]C1([2H])CNCC([2H])([2H])C1=C(C#N)c1ccccc1. The fourth-order valence-corrected chi connectivity index (χ4v) is 1.47. The van der Waals surface area contributed by atoms with Crippen molar-refractivity contribution in [2.45, 2.75) is 12.7 Å². The van der Waals surface area contributed by atoms with E-state index in [0.717, 1.165) is 0 Å². The van der Waals surface area contributed by atoms with Crippen molar-refractivity contribution in [3.63, 3.8) is 0 Å². The van der Waals surface area contributed by atoms with Crippen molar-refractivity contribution in [1.29, 1.82) is 5.26 Å². The second-order valence-electron chi connectivity index (χ2n) is 3.18. The third-order valence-corrected chi connectivity index (χ3v) is 2.20. The molecule has 0 unspecified atom stereocenters. The van der Waals surface area contributed by atoms with Crippen LogP contribution in [0.5, 0.6) is 0 Å². The fourth-order valence-electron chi connectivity index (χ4n) is 1.47. The number of nitrogens with zero attached hydrogens (tertiary/aromatic N) is 1. The van der Waals surface area contributed by atoms with E-state index in [9.17, 15) is 5.26 Å². The van der Waals surface area contributed by atoms with Gasteiger partial charge in [-0.3, -0.25) is 0 Å². The maximum absolute atomic E-state index is 9.33. The molecule has 1 aliphatic rings. The van der Waals surface area contributed by atoms with E-state index in [1.54, 1.807) is 30.3 Å². The van der Waals surface area contributed by atoms with Gasteiger partial charge in [-0.05, 0) is 37.0 Å². The Kier molecular flexibility index (Phi) is 1.94. The van der Waals surface area contributed by atoms with Gasteiger partial charge < -0.3 is 5.32 Å². The lowest BCUT2D eigenvalue weighted by atomic mass is 9.95. The highest BCUT2D eigenvalue weighted by Gasteiger charge is 2.11. The average molecular weight is 202 g/mol. The summed E-state index contributed by atoms with van der Waals surface area (Å²) >= 11 is 0. The molecule has 15 heavy (non-hydrogen) atoms. The highest BCUT2D eigenvalue weighted by molar-refractivity contribution is 5.79. The van der Waals surface area contributed by atoms with Gasteiger partial charge in [0.05, 0.1) is 11.6 Å². The maximum Gasteiger partial charge on any atom is 0.0997 e. The normalized spacial score (nSPS) is 26.5. The van der Waals surface area contributed by atoms with Crippen LogP contribution in [0.3, 0.4) is 0 Å². The van der Waals surface area contributed by atoms with Crippen LogP contribution in [-0.4, -0.2) is 13.1 Å². The molecule has 76 valence electrons. The third kappa shape index (κ3) is 2.26. The molecule has 0 bridgehead atoms. The lowest BCUT2D eigenvalue weighted by molar-refractivity contribution is 0.612. The van der Waals surface area contributed by atoms with Crippen molar-refractivity contribution in [3.8, 4) is 6.07 Å². The largest absolute Gasteiger partial charge is 0.316 e. The summed E-state index contributed by atoms with van der Waals surface area (Å²) in [6.07, 6.45) is -3.74. The third-order valence-electron chi connectivity index (χ3n) is 2.20. The Morgan fingerprint density at radius 1 is 1.27 bits per heavy atom. The molecule has 1 N–H and O–H groups in total. The molecule has 0 aliphatic carbocycles. The van der Waals surface area contributed by atoms with Gasteiger partial charge >= 0.3 is 0 Å². The number of piperidine rings is 1. The van der Waals surface area contributed by atoms with Crippen LogP contribution in [-0.2, 0) is 0 Å². The van der Waals surface area contributed by atoms with E-state index in [-0.39, 0.29) is 24.2 Å². The molecule has 1 aromatic rings. The predicted octanol–water partition coefficient (Wildman–Crippen LogP) is 2.35. The zero-order chi connectivity index (χ0) is 14.1. The van der Waals surface area contributed by atoms with Crippen LogP contribution in [0, 0.1) is 11.3 Å². The van der Waals surface area contributed by atoms with Gasteiger partial charge in [0, 0.05) is 5.48 Å². The Labute approximate surface area is 95.9 Å². The van der Waals surface area contributed by atoms with Crippen molar-refractivity contribution in [2.24, 2.45) is 0 Å². The Hall–Kier alpha value is -1.59. The fraction of sp³-hybridized carbons (Fsp3) is 0.308. The zero-order valence-corrected chi connectivity index (χ0v) is 8.25. The summed E-state index contributed by atoms with van der Waals surface area (Å²) in [5.41, 5.74) is 0.583. The van der Waals surface area contributed by atoms with E-state index < -0.39 is 12.7 Å². The molecular formula is C13H14N2. The first kappa shape index (κ1) is 6.09. The van der Waals surface area contributed by atoms with Crippen LogP contribution in [0.1, 0.15) is 23.8 Å². The summed E-state index contributed by atoms with van der Waals surface area (Å²) in [7, 11) is 0. The van der Waals surface area contributed by atoms with Crippen LogP contribution in [0.25, 0.3) is 5.57 Å². The number of hydrogen-bond donors (Lipinski definition) is 1. The Morgan fingerprint density at radius 3 is 2.53 bits per heavy atom. The molecule has 2 rings (SSSR count). The highest BCUT2D eigenvalue weighted by atomic mass is 14.9. The first-order valence-electron chi connectivity index (χ1n) is 6.80. The molecule has 0 radical (unpaired) electrons. The van der Waals surface area contributed by atoms with E-state index in [2.05, 4.69) is 5.32 Å². The minimum atomic E-state index is -1.87. The van der Waals surface area contributed by atoms with Crippen LogP contribution in [0.15, 0.2) is 35.9 Å². The minimum absolute atomic E-state index is 0.0137. The molecule has 2 heteroatoms. The number of nitriles is 1. The summed E-state index contributed by atoms with van der Waals surface area (Å²) in [5, 5.41) is 12.1. The van der Waals surface area contributed by atoms with Gasteiger partial charge in [0.2, 0.25) is 0 Å². The second kappa shape index (κ2) is 4.77. The quantitative estimate of drug-likeness (QED) is 0.709. The number of benzene rings is 1. The van der Waals surface area contributed by atoms with Crippen molar-refractivity contribution >= 4 is 5.57 Å². The van der Waals surface area contributed by atoms with Crippen molar-refractivity contribution in [1.82, 2.24) is 5.32 Å². The molecular weight excluding hydrogens is 184 g/mol. The van der Waals surface area contributed by atoms with Gasteiger partial charge in [-0.1, -0.05) is 30.3 Å². The zero-order valence-electron chi connectivity index (χ0n) is 12.2. The molecule has 0 atom stereocenters. The molecule has 1 fully saturated rings. The number of allylic oxidation sites excluding steroid dienone is 1. The molecule has 0 saturated carbocycles. The molecule has 0 aromatic heterocycles. The van der Waals surface area contributed by atoms with E-state index in [1.807, 2.05) is 6.07 Å². The summed E-state index contributed by atoms with van der Waals surface area (Å²) in [6, 6.07) is 10.7. The number of rotatable bonds is 1. The molecule has 1 saturated heterocycles. The van der Waals surface area contributed by atoms with Crippen LogP contribution >= 0.6 is 0 Å². The lowest BCUT2D eigenvalue weighted by Gasteiger charge is -2.17. The lowest BCUT2D eigenvalue weighted by Crippen LogP contribution is -2.23. The Morgan fingerprint density at radius 2 is 1.93 bits per heavy atom. The van der Waals surface area contributed by atoms with E-state index in [4.69, 9.17) is 5.48 Å². The van der Waals surface area contributed by atoms with Crippen molar-refractivity contribution in [2.75, 3.05) is 13.1 Å². The van der Waals surface area contributed by atoms with E-state index in [1.165, 1.54) is 0 Å². The van der Waals surface area contributed by atoms with Crippen molar-refractivity contribution in [3.05, 3.63) is 41.5 Å². The molecule has 2 nitrogen and oxygen atoms in total. The first-order chi connectivity index (χ1) is 8.88. The minimum Gasteiger partial charge on any atom is -0.316 e. The highest BCUT2D eigenvalue weighted by Crippen LogP contribution is 2.23. The molecule has 0 amide bonds. The van der Waals surface area contributed by atoms with E-state index in [0.29, 0.717) is 5.56 Å². The van der Waals surface area contributed by atoms with Gasteiger partial charge in [-0.2, -0.15) is 5.26 Å². The maximum atomic E-state index is 9.33. The van der Waals surface area contributed by atoms with E-state index >= 15 is 0 Å². The van der Waals surface area contributed by atoms with Gasteiger partial charge in [-0.25, -0.2) is 0 Å². The van der Waals surface area contributed by atoms with Crippen LogP contribution in [0.2, 0.25) is 0 Å². The van der Waals surface area contributed by atoms with Gasteiger partial charge in [0.15, 0.2) is 0 Å². The van der Waals surface area contributed by atoms with Crippen LogP contribution in [0.4, 0.5) is 0 Å². The standard InChI is InChI=1S/C13H14N2/c14-10-13(11-4-2-1-3-5-11)12-6-8-15-9-7-12/h1-5,15H,6-9H2/i6D2,7D2. The second-order valence-corrected chi connectivity index (χ2v) is 3.18. The van der Waals surface area contributed by atoms with Crippen molar-refractivity contribution < 1.29 is 5.48 Å².